The van der Waals surface area contributed by atoms with Crippen LogP contribution in [0.15, 0.2) is 146 Å². The van der Waals surface area contributed by atoms with Crippen LogP contribution in [-0.4, -0.2) is 37.5 Å². The standard InChI is InChI=1S/C52H42F10N2O8/c53-49(54,55)25-27-67-41-13-17-43(18-14-41)71-51(59,60)37-7-1-33(2-8-37)5-23-47(65)69-31-35-29-39(63)11-21-45(35)46-22-12-40(64)30-36(46)32-70-48(66)24-6-34-3-9-38(10-4-34)52(61,62)72-44-19-15-42(16-20-44)68-28-26-50(56,57)58/h1-24,29-30H,25-28,31-32,63-64H2/b23-5+,24-6+. The highest BCUT2D eigenvalue weighted by Gasteiger charge is 2.36. The molecule has 0 aromatic heterocycles. The molecule has 0 saturated carbocycles. The molecule has 6 aromatic carbocycles. The van der Waals surface area contributed by atoms with Crippen molar-refractivity contribution in [2.24, 2.45) is 0 Å². The molecule has 72 heavy (non-hydrogen) atoms. The number of carbonyl (C=O) groups is 2. The molecular formula is C52H42F10N2O8. The fraction of sp³-hybridized carbons (Fsp3) is 0.192. The minimum atomic E-state index is -4.41. The number of halogens is 10. The van der Waals surface area contributed by atoms with Gasteiger partial charge in [-0.2, -0.15) is 43.9 Å². The largest absolute Gasteiger partial charge is 0.493 e. The van der Waals surface area contributed by atoms with Gasteiger partial charge in [0.2, 0.25) is 0 Å². The summed E-state index contributed by atoms with van der Waals surface area (Å²) < 4.78 is 165. The SMILES string of the molecule is Nc1ccc(-c2ccc(N)cc2COC(=O)/C=C/c2ccc(C(F)(F)Oc3ccc(OCCC(F)(F)F)cc3)cc2)c(COC(=O)/C=C/c2ccc(C(F)(F)Oc3ccc(OCCC(F)(F)F)cc3)cc2)c1. The van der Waals surface area contributed by atoms with Gasteiger partial charge in [-0.3, -0.25) is 0 Å². The van der Waals surface area contributed by atoms with Crippen LogP contribution < -0.4 is 30.4 Å². The average Bonchev–Trinajstić information content (AvgIpc) is 3.32. The van der Waals surface area contributed by atoms with E-state index in [2.05, 4.69) is 0 Å². The molecule has 10 nitrogen and oxygen atoms in total. The number of anilines is 2. The topological polar surface area (TPSA) is 142 Å². The summed E-state index contributed by atoms with van der Waals surface area (Å²) in [6.07, 6.45) is -13.9. The van der Waals surface area contributed by atoms with Gasteiger partial charge in [0.1, 0.15) is 36.2 Å². The van der Waals surface area contributed by atoms with Crippen molar-refractivity contribution >= 4 is 35.5 Å². The van der Waals surface area contributed by atoms with E-state index in [1.54, 1.807) is 36.4 Å². The van der Waals surface area contributed by atoms with Gasteiger partial charge >= 0.3 is 36.5 Å². The Balaban J connectivity index is 1.01. The first-order valence-electron chi connectivity index (χ1n) is 21.4. The van der Waals surface area contributed by atoms with Crippen molar-refractivity contribution in [1.29, 1.82) is 0 Å². The zero-order valence-electron chi connectivity index (χ0n) is 37.5. The third-order valence-corrected chi connectivity index (χ3v) is 10.1. The molecule has 0 heterocycles. The van der Waals surface area contributed by atoms with Crippen LogP contribution in [0.4, 0.5) is 55.3 Å². The molecule has 4 N–H and O–H groups in total. The molecule has 0 unspecified atom stereocenters. The molecule has 0 aliphatic rings. The lowest BCUT2D eigenvalue weighted by atomic mass is 9.95. The molecule has 0 spiro atoms. The second-order valence-electron chi connectivity index (χ2n) is 15.6. The lowest BCUT2D eigenvalue weighted by molar-refractivity contribution is -0.186. The van der Waals surface area contributed by atoms with Crippen molar-refractivity contribution < 1.29 is 81.9 Å². The zero-order valence-corrected chi connectivity index (χ0v) is 37.5. The summed E-state index contributed by atoms with van der Waals surface area (Å²) in [5, 5.41) is 0. The Kier molecular flexibility index (Phi) is 17.1. The first-order valence-corrected chi connectivity index (χ1v) is 21.4. The van der Waals surface area contributed by atoms with Gasteiger partial charge < -0.3 is 39.9 Å². The first-order chi connectivity index (χ1) is 34.0. The van der Waals surface area contributed by atoms with Crippen LogP contribution in [0.3, 0.4) is 0 Å². The molecule has 378 valence electrons. The Labute approximate surface area is 405 Å². The van der Waals surface area contributed by atoms with Crippen molar-refractivity contribution in [3.05, 3.63) is 179 Å². The molecule has 6 rings (SSSR count). The van der Waals surface area contributed by atoms with Crippen LogP contribution in [0.1, 0.15) is 46.2 Å². The molecule has 0 atom stereocenters. The number of esters is 2. The second kappa shape index (κ2) is 23.2. The number of nitrogen functional groups attached to an aromatic ring is 2. The van der Waals surface area contributed by atoms with Crippen molar-refractivity contribution in [2.75, 3.05) is 24.7 Å². The summed E-state index contributed by atoms with van der Waals surface area (Å²) in [6, 6.07) is 28.6. The van der Waals surface area contributed by atoms with E-state index in [1.165, 1.54) is 60.7 Å². The molecule has 0 bridgehead atoms. The molecule has 0 amide bonds. The Morgan fingerprint density at radius 1 is 0.444 bits per heavy atom. The van der Waals surface area contributed by atoms with E-state index in [4.69, 9.17) is 39.9 Å². The van der Waals surface area contributed by atoms with Crippen LogP contribution in [0.5, 0.6) is 23.0 Å². The van der Waals surface area contributed by atoms with Crippen LogP contribution in [0, 0.1) is 0 Å². The molecule has 0 aliphatic carbocycles. The number of rotatable bonds is 21. The predicted molar refractivity (Wildman–Crippen MR) is 246 cm³/mol. The lowest BCUT2D eigenvalue weighted by Crippen LogP contribution is -2.21. The van der Waals surface area contributed by atoms with Crippen molar-refractivity contribution in [1.82, 2.24) is 0 Å². The Hall–Kier alpha value is -8.16. The Morgan fingerprint density at radius 3 is 1.11 bits per heavy atom. The van der Waals surface area contributed by atoms with Crippen molar-refractivity contribution in [3.63, 3.8) is 0 Å². The van der Waals surface area contributed by atoms with E-state index in [-0.39, 0.29) is 36.2 Å². The molecule has 6 aromatic rings. The van der Waals surface area contributed by atoms with Gasteiger partial charge in [0.15, 0.2) is 0 Å². The number of hydrogen-bond donors (Lipinski definition) is 2. The minimum absolute atomic E-state index is 0.0414. The summed E-state index contributed by atoms with van der Waals surface area (Å²) in [5.74, 6) is -2.03. The normalized spacial score (nSPS) is 12.2. The maximum absolute atomic E-state index is 15.0. The third kappa shape index (κ3) is 16.5. The maximum Gasteiger partial charge on any atom is 0.426 e. The Bertz CT molecular complexity index is 2640. The summed E-state index contributed by atoms with van der Waals surface area (Å²) in [4.78, 5) is 25.7. The summed E-state index contributed by atoms with van der Waals surface area (Å²) in [7, 11) is 0. The first kappa shape index (κ1) is 53.2. The van der Waals surface area contributed by atoms with E-state index in [9.17, 15) is 53.5 Å². The lowest BCUT2D eigenvalue weighted by Gasteiger charge is -2.18. The van der Waals surface area contributed by atoms with Gasteiger partial charge in [0.25, 0.3) is 0 Å². The van der Waals surface area contributed by atoms with Crippen LogP contribution in [0.25, 0.3) is 23.3 Å². The maximum atomic E-state index is 15.0. The van der Waals surface area contributed by atoms with Gasteiger partial charge in [0.05, 0.1) is 37.2 Å². The zero-order chi connectivity index (χ0) is 52.1. The highest BCUT2D eigenvalue weighted by atomic mass is 19.4. The number of hydrogen-bond acceptors (Lipinski definition) is 10. The fourth-order valence-electron chi connectivity index (χ4n) is 6.48. The highest BCUT2D eigenvalue weighted by molar-refractivity contribution is 5.88. The van der Waals surface area contributed by atoms with Crippen molar-refractivity contribution in [3.8, 4) is 34.1 Å². The fourth-order valence-corrected chi connectivity index (χ4v) is 6.48. The highest BCUT2D eigenvalue weighted by Crippen LogP contribution is 2.36. The van der Waals surface area contributed by atoms with E-state index in [0.29, 0.717) is 44.8 Å². The van der Waals surface area contributed by atoms with Gasteiger partial charge in [0, 0.05) is 23.5 Å². The molecule has 20 heteroatoms. The van der Waals surface area contributed by atoms with Gasteiger partial charge in [-0.1, -0.05) is 36.4 Å². The van der Waals surface area contributed by atoms with Crippen molar-refractivity contribution in [2.45, 2.75) is 50.6 Å². The summed E-state index contributed by atoms with van der Waals surface area (Å²) >= 11 is 0. The summed E-state index contributed by atoms with van der Waals surface area (Å²) in [5.41, 5.74) is 14.5. The van der Waals surface area contributed by atoms with E-state index in [0.717, 1.165) is 60.7 Å². The monoisotopic (exact) mass is 1010 g/mol. The summed E-state index contributed by atoms with van der Waals surface area (Å²) in [6.45, 7) is -1.81. The third-order valence-electron chi connectivity index (χ3n) is 10.1. The Morgan fingerprint density at radius 2 is 0.778 bits per heavy atom. The second-order valence-corrected chi connectivity index (χ2v) is 15.6. The quantitative estimate of drug-likeness (QED) is 0.0310. The van der Waals surface area contributed by atoms with Crippen LogP contribution >= 0.6 is 0 Å². The molecule has 0 fully saturated rings. The van der Waals surface area contributed by atoms with Gasteiger partial charge in [-0.05, 0) is 143 Å². The predicted octanol–water partition coefficient (Wildman–Crippen LogP) is 13.0. The molecule has 0 saturated heterocycles. The molecule has 0 aliphatic heterocycles. The van der Waals surface area contributed by atoms with Gasteiger partial charge in [-0.25, -0.2) is 9.59 Å². The van der Waals surface area contributed by atoms with Gasteiger partial charge in [-0.15, -0.1) is 0 Å². The van der Waals surface area contributed by atoms with E-state index >= 15 is 0 Å². The number of nitrogens with two attached hydrogens (primary N) is 2. The van der Waals surface area contributed by atoms with Crippen LogP contribution in [0.2, 0.25) is 0 Å². The minimum Gasteiger partial charge on any atom is -0.493 e. The van der Waals surface area contributed by atoms with Crippen LogP contribution in [-0.2, 0) is 44.5 Å². The smallest absolute Gasteiger partial charge is 0.426 e. The number of carbonyl (C=O) groups excluding carboxylic acids is 2. The number of benzene rings is 6. The average molecular weight is 1010 g/mol. The number of alkyl halides is 10. The van der Waals surface area contributed by atoms with E-state index < -0.39 is 73.7 Å². The van der Waals surface area contributed by atoms with E-state index in [1.807, 2.05) is 0 Å². The number of ether oxygens (including phenoxy) is 6. The molecular weight excluding hydrogens is 971 g/mol. The molecule has 0 radical (unpaired) electrons.